The number of carbonyl (C=O) groups is 2. The quantitative estimate of drug-likeness (QED) is 0.888. The molecule has 2 N–H and O–H groups in total. The summed E-state index contributed by atoms with van der Waals surface area (Å²) >= 11 is 0. The van der Waals surface area contributed by atoms with Crippen molar-refractivity contribution in [3.8, 4) is 0 Å². The number of hydrogen-bond donors (Lipinski definition) is 2. The van der Waals surface area contributed by atoms with Crippen LogP contribution in [0.4, 0.5) is 22.1 Å². The number of amides is 2. The fourth-order valence-electron chi connectivity index (χ4n) is 3.19. The first kappa shape index (κ1) is 13.8. The van der Waals surface area contributed by atoms with Crippen LogP contribution in [0.15, 0.2) is 24.3 Å². The van der Waals surface area contributed by atoms with Gasteiger partial charge in [0.05, 0.1) is 6.54 Å². The summed E-state index contributed by atoms with van der Waals surface area (Å²) in [5.41, 5.74) is 2.96. The summed E-state index contributed by atoms with van der Waals surface area (Å²) in [5, 5.41) is 9.56. The van der Waals surface area contributed by atoms with Crippen molar-refractivity contribution >= 4 is 29.1 Å². The van der Waals surface area contributed by atoms with Crippen LogP contribution >= 0.6 is 0 Å². The van der Waals surface area contributed by atoms with Crippen LogP contribution in [0.1, 0.15) is 22.3 Å². The third kappa shape index (κ3) is 2.25. The number of aryl methyl sites for hydroxylation is 1. The van der Waals surface area contributed by atoms with Crippen molar-refractivity contribution in [1.29, 1.82) is 0 Å². The highest BCUT2D eigenvalue weighted by molar-refractivity contribution is 6.01. The zero-order valence-corrected chi connectivity index (χ0v) is 12.8. The predicted octanol–water partition coefficient (Wildman–Crippen LogP) is 1.92. The number of hydrogen-bond acceptors (Lipinski definition) is 4. The minimum atomic E-state index is -0.295. The number of nitrogens with one attached hydrogen (secondary N) is 2. The molecule has 2 amide bonds. The molecule has 0 spiro atoms. The fraction of sp³-hybridized carbons (Fsp3) is 0.312. The molecule has 2 aromatic rings. The van der Waals surface area contributed by atoms with Gasteiger partial charge in [-0.1, -0.05) is 6.07 Å². The Morgan fingerprint density at radius 1 is 1.22 bits per heavy atom. The zero-order valence-electron chi connectivity index (χ0n) is 12.8. The van der Waals surface area contributed by atoms with E-state index in [9.17, 15) is 9.59 Å². The number of anilines is 3. The van der Waals surface area contributed by atoms with Crippen LogP contribution in [-0.4, -0.2) is 35.2 Å². The summed E-state index contributed by atoms with van der Waals surface area (Å²) in [4.78, 5) is 25.5. The van der Waals surface area contributed by atoms with Crippen LogP contribution in [-0.2, 0) is 13.0 Å². The van der Waals surface area contributed by atoms with Crippen molar-refractivity contribution < 1.29 is 9.59 Å². The molecular formula is C16H17N5O2. The van der Waals surface area contributed by atoms with Gasteiger partial charge in [0, 0.05) is 37.3 Å². The third-order valence-electron chi connectivity index (χ3n) is 4.37. The summed E-state index contributed by atoms with van der Waals surface area (Å²) in [7, 11) is 1.56. The van der Waals surface area contributed by atoms with E-state index >= 15 is 0 Å². The van der Waals surface area contributed by atoms with Gasteiger partial charge < -0.3 is 10.2 Å². The highest BCUT2D eigenvalue weighted by Gasteiger charge is 2.26. The highest BCUT2D eigenvalue weighted by atomic mass is 16.2. The summed E-state index contributed by atoms with van der Waals surface area (Å²) in [5.74, 6) is 1.65. The molecule has 7 heteroatoms. The topological polar surface area (TPSA) is 79.3 Å². The second-order valence-corrected chi connectivity index (χ2v) is 5.73. The molecule has 0 fully saturated rings. The number of ketones is 1. The average molecular weight is 311 g/mol. The Morgan fingerprint density at radius 3 is 2.91 bits per heavy atom. The van der Waals surface area contributed by atoms with E-state index in [2.05, 4.69) is 20.6 Å². The van der Waals surface area contributed by atoms with Gasteiger partial charge in [0.25, 0.3) is 0 Å². The molecule has 0 saturated carbocycles. The number of benzene rings is 1. The zero-order chi connectivity index (χ0) is 16.0. The highest BCUT2D eigenvalue weighted by Crippen LogP contribution is 2.34. The maximum Gasteiger partial charge on any atom is 0.320 e. The second-order valence-electron chi connectivity index (χ2n) is 5.73. The first-order valence-electron chi connectivity index (χ1n) is 7.66. The normalized spacial score (nSPS) is 15.5. The van der Waals surface area contributed by atoms with E-state index in [1.807, 2.05) is 28.9 Å². The lowest BCUT2D eigenvalue weighted by Crippen LogP contribution is -2.24. The lowest BCUT2D eigenvalue weighted by atomic mass is 10.1. The molecule has 118 valence electrons. The SMILES string of the molecule is CNC(=O)Nc1cc2n(n1)CCN2c1ccc2c(c1)C(=O)CC2. The third-order valence-corrected chi connectivity index (χ3v) is 4.37. The molecule has 1 aromatic carbocycles. The average Bonchev–Trinajstić information content (AvgIpc) is 3.21. The maximum absolute atomic E-state index is 11.9. The van der Waals surface area contributed by atoms with Gasteiger partial charge in [0.1, 0.15) is 5.82 Å². The van der Waals surface area contributed by atoms with Gasteiger partial charge in [0.15, 0.2) is 11.6 Å². The Kier molecular flexibility index (Phi) is 3.07. The van der Waals surface area contributed by atoms with Crippen LogP contribution in [0.3, 0.4) is 0 Å². The van der Waals surface area contributed by atoms with Crippen LogP contribution in [0.2, 0.25) is 0 Å². The lowest BCUT2D eigenvalue weighted by molar-refractivity contribution is 0.0994. The van der Waals surface area contributed by atoms with Gasteiger partial charge >= 0.3 is 6.03 Å². The van der Waals surface area contributed by atoms with Gasteiger partial charge in [0.2, 0.25) is 0 Å². The predicted molar refractivity (Wildman–Crippen MR) is 86.4 cm³/mol. The molecule has 1 aliphatic carbocycles. The Hall–Kier alpha value is -2.83. The minimum Gasteiger partial charge on any atom is -0.341 e. The van der Waals surface area contributed by atoms with Gasteiger partial charge in [-0.25, -0.2) is 9.48 Å². The number of rotatable bonds is 2. The molecule has 4 rings (SSSR count). The van der Waals surface area contributed by atoms with E-state index < -0.39 is 0 Å². The Balaban J connectivity index is 1.65. The molecule has 7 nitrogen and oxygen atoms in total. The van der Waals surface area contributed by atoms with Crippen molar-refractivity contribution in [3.05, 3.63) is 35.4 Å². The molecule has 0 radical (unpaired) electrons. The molecule has 2 heterocycles. The van der Waals surface area contributed by atoms with Crippen molar-refractivity contribution in [1.82, 2.24) is 15.1 Å². The lowest BCUT2D eigenvalue weighted by Gasteiger charge is -2.17. The van der Waals surface area contributed by atoms with Gasteiger partial charge in [-0.3, -0.25) is 10.1 Å². The van der Waals surface area contributed by atoms with Crippen molar-refractivity contribution in [3.63, 3.8) is 0 Å². The maximum atomic E-state index is 11.9. The number of nitrogens with zero attached hydrogens (tertiary/aromatic N) is 3. The van der Waals surface area contributed by atoms with E-state index in [-0.39, 0.29) is 11.8 Å². The summed E-state index contributed by atoms with van der Waals surface area (Å²) in [6, 6.07) is 7.61. The van der Waals surface area contributed by atoms with E-state index in [1.165, 1.54) is 0 Å². The number of Topliss-reactive ketones (excluding diaryl/α,β-unsaturated/α-hetero) is 1. The number of aromatic nitrogens is 2. The second kappa shape index (κ2) is 5.12. The summed E-state index contributed by atoms with van der Waals surface area (Å²) < 4.78 is 1.86. The molecule has 1 aromatic heterocycles. The molecule has 0 atom stereocenters. The summed E-state index contributed by atoms with van der Waals surface area (Å²) in [6.45, 7) is 1.55. The number of carbonyl (C=O) groups excluding carboxylic acids is 2. The van der Waals surface area contributed by atoms with Crippen LogP contribution in [0.5, 0.6) is 0 Å². The minimum absolute atomic E-state index is 0.219. The smallest absolute Gasteiger partial charge is 0.320 e. The molecule has 0 bridgehead atoms. The fourth-order valence-corrected chi connectivity index (χ4v) is 3.19. The number of urea groups is 1. The molecule has 23 heavy (non-hydrogen) atoms. The summed E-state index contributed by atoms with van der Waals surface area (Å²) in [6.07, 6.45) is 1.45. The van der Waals surface area contributed by atoms with Crippen molar-refractivity contribution in [2.45, 2.75) is 19.4 Å². The Bertz CT molecular complexity index is 811. The van der Waals surface area contributed by atoms with E-state index in [0.717, 1.165) is 42.1 Å². The van der Waals surface area contributed by atoms with E-state index in [0.29, 0.717) is 12.2 Å². The van der Waals surface area contributed by atoms with Gasteiger partial charge in [-0.05, 0) is 24.1 Å². The van der Waals surface area contributed by atoms with Crippen molar-refractivity contribution in [2.75, 3.05) is 23.8 Å². The van der Waals surface area contributed by atoms with Crippen molar-refractivity contribution in [2.24, 2.45) is 0 Å². The van der Waals surface area contributed by atoms with Gasteiger partial charge in [-0.15, -0.1) is 0 Å². The largest absolute Gasteiger partial charge is 0.341 e. The standard InChI is InChI=1S/C16H17N5O2/c1-17-16(23)18-14-9-15-20(6-7-21(15)19-14)11-4-2-10-3-5-13(22)12(10)8-11/h2,4,8-9H,3,5-7H2,1H3,(H2,17,18,19,23). The first-order chi connectivity index (χ1) is 11.2. The Labute approximate surface area is 133 Å². The molecule has 1 aliphatic heterocycles. The van der Waals surface area contributed by atoms with E-state index in [1.54, 1.807) is 7.05 Å². The molecular weight excluding hydrogens is 294 g/mol. The first-order valence-corrected chi connectivity index (χ1v) is 7.66. The van der Waals surface area contributed by atoms with Crippen LogP contribution < -0.4 is 15.5 Å². The van der Waals surface area contributed by atoms with Crippen LogP contribution in [0, 0.1) is 0 Å². The van der Waals surface area contributed by atoms with Gasteiger partial charge in [-0.2, -0.15) is 5.10 Å². The molecule has 0 unspecified atom stereocenters. The monoisotopic (exact) mass is 311 g/mol. The number of fused-ring (bicyclic) bond motifs is 2. The molecule has 2 aliphatic rings. The molecule has 0 saturated heterocycles. The van der Waals surface area contributed by atoms with E-state index in [4.69, 9.17) is 0 Å². The van der Waals surface area contributed by atoms with Crippen LogP contribution in [0.25, 0.3) is 0 Å². The Morgan fingerprint density at radius 2 is 2.09 bits per heavy atom.